The van der Waals surface area contributed by atoms with Gasteiger partial charge in [-0.15, -0.1) is 0 Å². The van der Waals surface area contributed by atoms with E-state index in [-0.39, 0.29) is 0 Å². The van der Waals surface area contributed by atoms with Crippen LogP contribution in [0.3, 0.4) is 0 Å². The van der Waals surface area contributed by atoms with E-state index >= 15 is 0 Å². The first kappa shape index (κ1) is 11.8. The lowest BCUT2D eigenvalue weighted by Gasteiger charge is -2.21. The molecule has 0 aromatic heterocycles. The summed E-state index contributed by atoms with van der Waals surface area (Å²) in [5.41, 5.74) is 0. The van der Waals surface area contributed by atoms with Gasteiger partial charge in [0.15, 0.2) is 0 Å². The minimum Gasteiger partial charge on any atom is -0.295 e. The van der Waals surface area contributed by atoms with Gasteiger partial charge in [-0.05, 0) is 25.9 Å². The first-order chi connectivity index (χ1) is 5.49. The summed E-state index contributed by atoms with van der Waals surface area (Å²) in [6, 6.07) is 0. The van der Waals surface area contributed by atoms with Crippen LogP contribution in [0.4, 0.5) is 13.2 Å². The fourth-order valence-electron chi connectivity index (χ4n) is 1.16. The molecule has 0 radical (unpaired) electrons. The summed E-state index contributed by atoms with van der Waals surface area (Å²) in [6.07, 6.45) is -2.50. The Morgan fingerprint density at radius 2 is 1.42 bits per heavy atom. The predicted octanol–water partition coefficient (Wildman–Crippen LogP) is 2.67. The number of alkyl halides is 3. The molecule has 0 atom stereocenters. The molecule has 0 N–H and O–H groups in total. The summed E-state index contributed by atoms with van der Waals surface area (Å²) >= 11 is 0. The van der Waals surface area contributed by atoms with Crippen LogP contribution < -0.4 is 0 Å². The lowest BCUT2D eigenvalue weighted by molar-refractivity contribution is -0.145. The normalized spacial score (nSPS) is 12.5. The standard InChI is InChI=1S/C8H16F3N/c1-3-5-12(6-4-2)7-8(9,10)11/h3-7H2,1-2H3. The second-order valence-corrected chi connectivity index (χ2v) is 2.89. The van der Waals surface area contributed by atoms with Crippen molar-refractivity contribution in [2.45, 2.75) is 32.9 Å². The molecule has 0 aliphatic heterocycles. The maximum atomic E-state index is 11.9. The van der Waals surface area contributed by atoms with Crippen molar-refractivity contribution in [1.82, 2.24) is 4.90 Å². The van der Waals surface area contributed by atoms with Gasteiger partial charge in [0.1, 0.15) is 0 Å². The molecule has 0 bridgehead atoms. The van der Waals surface area contributed by atoms with E-state index in [0.717, 1.165) is 12.8 Å². The third-order valence-corrected chi connectivity index (χ3v) is 1.48. The van der Waals surface area contributed by atoms with Crippen molar-refractivity contribution < 1.29 is 13.2 Å². The van der Waals surface area contributed by atoms with Gasteiger partial charge in [0.05, 0.1) is 6.54 Å². The highest BCUT2D eigenvalue weighted by Crippen LogP contribution is 2.16. The van der Waals surface area contributed by atoms with Crippen LogP contribution in [-0.2, 0) is 0 Å². The van der Waals surface area contributed by atoms with E-state index in [0.29, 0.717) is 13.1 Å². The van der Waals surface area contributed by atoms with E-state index in [9.17, 15) is 13.2 Å². The highest BCUT2D eigenvalue weighted by molar-refractivity contribution is 4.61. The Kier molecular flexibility index (Phi) is 5.29. The van der Waals surface area contributed by atoms with Crippen molar-refractivity contribution in [2.75, 3.05) is 19.6 Å². The molecule has 0 heterocycles. The molecule has 4 heteroatoms. The Morgan fingerprint density at radius 1 is 1.00 bits per heavy atom. The maximum absolute atomic E-state index is 11.9. The van der Waals surface area contributed by atoms with Crippen LogP contribution in [0.25, 0.3) is 0 Å². The van der Waals surface area contributed by atoms with Crippen molar-refractivity contribution in [3.8, 4) is 0 Å². The van der Waals surface area contributed by atoms with E-state index < -0.39 is 12.7 Å². The third kappa shape index (κ3) is 6.46. The number of halogens is 3. The fourth-order valence-corrected chi connectivity index (χ4v) is 1.16. The topological polar surface area (TPSA) is 3.24 Å². The molecule has 0 unspecified atom stereocenters. The summed E-state index contributed by atoms with van der Waals surface area (Å²) in [4.78, 5) is 1.44. The van der Waals surface area contributed by atoms with Crippen LogP contribution in [0, 0.1) is 0 Å². The number of nitrogens with zero attached hydrogens (tertiary/aromatic N) is 1. The Balaban J connectivity index is 3.77. The van der Waals surface area contributed by atoms with E-state index in [1.54, 1.807) is 0 Å². The van der Waals surface area contributed by atoms with E-state index in [1.807, 2.05) is 13.8 Å². The molecule has 0 saturated heterocycles. The zero-order chi connectivity index (χ0) is 9.61. The summed E-state index contributed by atoms with van der Waals surface area (Å²) in [5.74, 6) is 0. The first-order valence-corrected chi connectivity index (χ1v) is 4.28. The molecule has 1 nitrogen and oxygen atoms in total. The van der Waals surface area contributed by atoms with Crippen LogP contribution in [0.2, 0.25) is 0 Å². The highest BCUT2D eigenvalue weighted by atomic mass is 19.4. The Morgan fingerprint density at radius 3 is 1.67 bits per heavy atom. The summed E-state index contributed by atoms with van der Waals surface area (Å²) < 4.78 is 35.7. The molecule has 74 valence electrons. The van der Waals surface area contributed by atoms with Gasteiger partial charge in [0.25, 0.3) is 0 Å². The van der Waals surface area contributed by atoms with E-state index in [2.05, 4.69) is 0 Å². The third-order valence-electron chi connectivity index (χ3n) is 1.48. The maximum Gasteiger partial charge on any atom is 0.401 e. The van der Waals surface area contributed by atoms with Crippen molar-refractivity contribution in [2.24, 2.45) is 0 Å². The van der Waals surface area contributed by atoms with Gasteiger partial charge in [0, 0.05) is 0 Å². The Bertz CT molecular complexity index is 105. The van der Waals surface area contributed by atoms with Gasteiger partial charge in [-0.2, -0.15) is 13.2 Å². The fraction of sp³-hybridized carbons (Fsp3) is 1.00. The van der Waals surface area contributed by atoms with Crippen molar-refractivity contribution in [3.05, 3.63) is 0 Å². The van der Waals surface area contributed by atoms with Gasteiger partial charge < -0.3 is 0 Å². The minimum absolute atomic E-state index is 0.535. The largest absolute Gasteiger partial charge is 0.401 e. The number of hydrogen-bond donors (Lipinski definition) is 0. The quantitative estimate of drug-likeness (QED) is 0.633. The van der Waals surface area contributed by atoms with Crippen LogP contribution in [0.5, 0.6) is 0 Å². The Labute approximate surface area is 71.6 Å². The molecule has 0 rings (SSSR count). The molecule has 0 aromatic carbocycles. The summed E-state index contributed by atoms with van der Waals surface area (Å²) in [6.45, 7) is 4.08. The molecule has 0 aliphatic rings. The lowest BCUT2D eigenvalue weighted by Crippen LogP contribution is -2.35. The van der Waals surface area contributed by atoms with Crippen LogP contribution in [-0.4, -0.2) is 30.7 Å². The molecule has 0 amide bonds. The van der Waals surface area contributed by atoms with E-state index in [1.165, 1.54) is 4.90 Å². The van der Waals surface area contributed by atoms with Gasteiger partial charge in [-0.3, -0.25) is 4.90 Å². The van der Waals surface area contributed by atoms with Crippen LogP contribution in [0.15, 0.2) is 0 Å². The minimum atomic E-state index is -4.05. The van der Waals surface area contributed by atoms with Gasteiger partial charge in [-0.1, -0.05) is 13.8 Å². The number of rotatable bonds is 5. The predicted molar refractivity (Wildman–Crippen MR) is 43.1 cm³/mol. The van der Waals surface area contributed by atoms with Crippen molar-refractivity contribution in [1.29, 1.82) is 0 Å². The molecule has 0 spiro atoms. The summed E-state index contributed by atoms with van der Waals surface area (Å²) in [7, 11) is 0. The lowest BCUT2D eigenvalue weighted by atomic mass is 10.3. The molecule has 0 aromatic rings. The monoisotopic (exact) mass is 183 g/mol. The second-order valence-electron chi connectivity index (χ2n) is 2.89. The van der Waals surface area contributed by atoms with Crippen molar-refractivity contribution >= 4 is 0 Å². The molecule has 0 fully saturated rings. The van der Waals surface area contributed by atoms with Gasteiger partial charge in [0.2, 0.25) is 0 Å². The van der Waals surface area contributed by atoms with Crippen LogP contribution >= 0.6 is 0 Å². The Hall–Kier alpha value is -0.250. The van der Waals surface area contributed by atoms with Gasteiger partial charge >= 0.3 is 6.18 Å². The SMILES string of the molecule is CCCN(CCC)CC(F)(F)F. The zero-order valence-corrected chi connectivity index (χ0v) is 7.62. The van der Waals surface area contributed by atoms with Crippen LogP contribution in [0.1, 0.15) is 26.7 Å². The first-order valence-electron chi connectivity index (χ1n) is 4.28. The van der Waals surface area contributed by atoms with Crippen molar-refractivity contribution in [3.63, 3.8) is 0 Å². The second kappa shape index (κ2) is 5.41. The molecule has 0 aliphatic carbocycles. The molecular formula is C8H16F3N. The molecule has 12 heavy (non-hydrogen) atoms. The van der Waals surface area contributed by atoms with E-state index in [4.69, 9.17) is 0 Å². The van der Waals surface area contributed by atoms with Gasteiger partial charge in [-0.25, -0.2) is 0 Å². The average molecular weight is 183 g/mol. The zero-order valence-electron chi connectivity index (χ0n) is 7.62. The molecular weight excluding hydrogens is 167 g/mol. The number of hydrogen-bond acceptors (Lipinski definition) is 1. The average Bonchev–Trinajstić information content (AvgIpc) is 1.84. The highest BCUT2D eigenvalue weighted by Gasteiger charge is 2.29. The smallest absolute Gasteiger partial charge is 0.295 e. The summed E-state index contributed by atoms with van der Waals surface area (Å²) in [5, 5.41) is 0. The molecule has 0 saturated carbocycles.